The lowest BCUT2D eigenvalue weighted by Crippen LogP contribution is -2.18. The van der Waals surface area contributed by atoms with Crippen LogP contribution in [0.1, 0.15) is 43.4 Å². The van der Waals surface area contributed by atoms with Gasteiger partial charge in [0.1, 0.15) is 23.1 Å². The van der Waals surface area contributed by atoms with E-state index in [4.69, 9.17) is 0 Å². The second-order valence-electron chi connectivity index (χ2n) is 6.06. The molecule has 0 saturated heterocycles. The number of hydrogen-bond acceptors (Lipinski definition) is 7. The quantitative estimate of drug-likeness (QED) is 0.843. The van der Waals surface area contributed by atoms with Gasteiger partial charge < -0.3 is 5.32 Å². The molecular formula is C15H16F2N6O2S. The van der Waals surface area contributed by atoms with Gasteiger partial charge in [0.05, 0.1) is 0 Å². The van der Waals surface area contributed by atoms with Crippen molar-refractivity contribution < 1.29 is 17.2 Å². The molecule has 1 aliphatic rings. The number of anilines is 1. The molecule has 2 aromatic rings. The van der Waals surface area contributed by atoms with Crippen molar-refractivity contribution in [1.29, 1.82) is 5.26 Å². The third-order valence-corrected chi connectivity index (χ3v) is 5.13. The zero-order valence-electron chi connectivity index (χ0n) is 13.9. The van der Waals surface area contributed by atoms with Crippen LogP contribution in [0.25, 0.3) is 5.82 Å². The van der Waals surface area contributed by atoms with E-state index in [2.05, 4.69) is 20.6 Å². The second-order valence-corrected chi connectivity index (χ2v) is 8.02. The van der Waals surface area contributed by atoms with E-state index < -0.39 is 22.0 Å². The number of nitrogens with zero attached hydrogens (tertiary/aromatic N) is 5. The predicted octanol–water partition coefficient (Wildman–Crippen LogP) is 2.23. The first-order valence-corrected chi connectivity index (χ1v) is 9.82. The topological polar surface area (TPSA) is 114 Å². The largest absolute Gasteiger partial charge is 0.366 e. The molecule has 1 N–H and O–H groups in total. The highest BCUT2D eigenvalue weighted by Gasteiger charge is 2.28. The van der Waals surface area contributed by atoms with E-state index in [0.717, 1.165) is 36.6 Å². The molecule has 11 heteroatoms. The molecular weight excluding hydrogens is 366 g/mol. The van der Waals surface area contributed by atoms with Gasteiger partial charge in [-0.05, 0) is 25.0 Å². The Morgan fingerprint density at radius 3 is 2.50 bits per heavy atom. The van der Waals surface area contributed by atoms with Gasteiger partial charge in [-0.2, -0.15) is 15.0 Å². The molecule has 0 spiro atoms. The van der Waals surface area contributed by atoms with Gasteiger partial charge in [0.25, 0.3) is 6.43 Å². The lowest BCUT2D eigenvalue weighted by molar-refractivity contribution is 0.145. The number of sulfone groups is 1. The summed E-state index contributed by atoms with van der Waals surface area (Å²) in [6.07, 6.45) is 1.80. The number of rotatable bonds is 5. The van der Waals surface area contributed by atoms with Crippen LogP contribution in [0, 0.1) is 11.3 Å². The van der Waals surface area contributed by atoms with Crippen molar-refractivity contribution in [3.8, 4) is 11.9 Å². The smallest absolute Gasteiger partial charge is 0.283 e. The summed E-state index contributed by atoms with van der Waals surface area (Å²) in [4.78, 5) is 0. The lowest BCUT2D eigenvalue weighted by Gasteiger charge is -2.15. The monoisotopic (exact) mass is 382 g/mol. The molecule has 0 amide bonds. The Labute approximate surface area is 148 Å². The second kappa shape index (κ2) is 6.95. The van der Waals surface area contributed by atoms with Crippen LogP contribution in [-0.2, 0) is 9.84 Å². The molecule has 26 heavy (non-hydrogen) atoms. The van der Waals surface area contributed by atoms with Crippen LogP contribution >= 0.6 is 0 Å². The molecule has 1 fully saturated rings. The Morgan fingerprint density at radius 1 is 1.31 bits per heavy atom. The molecule has 1 saturated carbocycles. The van der Waals surface area contributed by atoms with Gasteiger partial charge in [0.15, 0.2) is 20.7 Å². The number of aromatic nitrogens is 4. The van der Waals surface area contributed by atoms with Crippen LogP contribution in [0.2, 0.25) is 0 Å². The number of nitriles is 1. The molecule has 0 unspecified atom stereocenters. The number of halogens is 2. The summed E-state index contributed by atoms with van der Waals surface area (Å²) < 4.78 is 50.6. The first kappa shape index (κ1) is 18.2. The van der Waals surface area contributed by atoms with Crippen molar-refractivity contribution in [1.82, 2.24) is 20.0 Å². The Bertz CT molecular complexity index is 944. The fraction of sp³-hybridized carbons (Fsp3) is 0.467. The molecule has 0 aromatic carbocycles. The summed E-state index contributed by atoms with van der Waals surface area (Å²) in [6, 6.07) is 4.35. The predicted molar refractivity (Wildman–Crippen MR) is 87.8 cm³/mol. The summed E-state index contributed by atoms with van der Waals surface area (Å²) in [5, 5.41) is 23.4. The van der Waals surface area contributed by atoms with Gasteiger partial charge in [-0.3, -0.25) is 0 Å². The Morgan fingerprint density at radius 2 is 2.00 bits per heavy atom. The minimum atomic E-state index is -3.54. The van der Waals surface area contributed by atoms with Crippen LogP contribution < -0.4 is 5.32 Å². The van der Waals surface area contributed by atoms with Crippen molar-refractivity contribution >= 4 is 15.7 Å². The number of nitrogens with one attached hydrogen (secondary N) is 1. The first-order valence-electron chi connectivity index (χ1n) is 7.93. The maximum absolute atomic E-state index is 13.3. The minimum Gasteiger partial charge on any atom is -0.366 e. The SMILES string of the molecule is CS(=O)(=O)c1ccc(-n2nc(C(F)F)c(C#N)c2NC2CCCC2)nn1. The maximum Gasteiger partial charge on any atom is 0.283 e. The zero-order valence-corrected chi connectivity index (χ0v) is 14.7. The molecule has 0 aliphatic heterocycles. The summed E-state index contributed by atoms with van der Waals surface area (Å²) in [5.74, 6) is 0.164. The van der Waals surface area contributed by atoms with Gasteiger partial charge in [0, 0.05) is 12.3 Å². The standard InChI is InChI=1S/C15H16F2N6O2S/c1-26(24,25)12-7-6-11(20-21-12)23-15(19-9-4-2-3-5-9)10(8-18)13(22-23)14(16)17/h6-7,9,14,19H,2-5H2,1H3. The van der Waals surface area contributed by atoms with Crippen LogP contribution in [-0.4, -0.2) is 40.7 Å². The number of hydrogen-bond donors (Lipinski definition) is 1. The molecule has 0 bridgehead atoms. The Balaban J connectivity index is 2.08. The first-order chi connectivity index (χ1) is 12.3. The average Bonchev–Trinajstić information content (AvgIpc) is 3.22. The van der Waals surface area contributed by atoms with Crippen LogP contribution in [0.15, 0.2) is 17.2 Å². The highest BCUT2D eigenvalue weighted by atomic mass is 32.2. The van der Waals surface area contributed by atoms with E-state index in [1.807, 2.05) is 0 Å². The van der Waals surface area contributed by atoms with Gasteiger partial charge in [-0.25, -0.2) is 17.2 Å². The molecule has 2 aromatic heterocycles. The van der Waals surface area contributed by atoms with Crippen molar-refractivity contribution in [3.63, 3.8) is 0 Å². The van der Waals surface area contributed by atoms with Crippen LogP contribution in [0.4, 0.5) is 14.6 Å². The molecule has 2 heterocycles. The fourth-order valence-corrected chi connectivity index (χ4v) is 3.39. The molecule has 1 aliphatic carbocycles. The highest BCUT2D eigenvalue weighted by Crippen LogP contribution is 2.31. The van der Waals surface area contributed by atoms with E-state index in [1.165, 1.54) is 12.1 Å². The summed E-state index contributed by atoms with van der Waals surface area (Å²) >= 11 is 0. The summed E-state index contributed by atoms with van der Waals surface area (Å²) in [7, 11) is -3.54. The zero-order chi connectivity index (χ0) is 18.9. The molecule has 8 nitrogen and oxygen atoms in total. The van der Waals surface area contributed by atoms with E-state index in [1.54, 1.807) is 6.07 Å². The van der Waals surface area contributed by atoms with Crippen molar-refractivity contribution in [2.75, 3.05) is 11.6 Å². The van der Waals surface area contributed by atoms with E-state index in [0.29, 0.717) is 0 Å². The molecule has 0 radical (unpaired) electrons. The number of alkyl halides is 2. The molecule has 0 atom stereocenters. The average molecular weight is 382 g/mol. The van der Waals surface area contributed by atoms with Crippen LogP contribution in [0.5, 0.6) is 0 Å². The van der Waals surface area contributed by atoms with Gasteiger partial charge in [-0.15, -0.1) is 10.2 Å². The minimum absolute atomic E-state index is 0.0429. The molecule has 138 valence electrons. The van der Waals surface area contributed by atoms with Gasteiger partial charge in [0.2, 0.25) is 0 Å². The summed E-state index contributed by atoms with van der Waals surface area (Å²) in [5.41, 5.74) is -0.900. The third-order valence-electron chi connectivity index (χ3n) is 4.15. The van der Waals surface area contributed by atoms with Crippen molar-refractivity contribution in [2.24, 2.45) is 0 Å². The maximum atomic E-state index is 13.3. The fourth-order valence-electron chi connectivity index (χ4n) is 2.88. The molecule has 3 rings (SSSR count). The Hall–Kier alpha value is -2.61. The van der Waals surface area contributed by atoms with E-state index in [-0.39, 0.29) is 28.3 Å². The van der Waals surface area contributed by atoms with E-state index in [9.17, 15) is 22.5 Å². The van der Waals surface area contributed by atoms with Crippen molar-refractivity contribution in [2.45, 2.75) is 43.2 Å². The van der Waals surface area contributed by atoms with Gasteiger partial charge >= 0.3 is 0 Å². The summed E-state index contributed by atoms with van der Waals surface area (Å²) in [6.45, 7) is 0. The highest BCUT2D eigenvalue weighted by molar-refractivity contribution is 7.90. The van der Waals surface area contributed by atoms with Crippen LogP contribution in [0.3, 0.4) is 0 Å². The Kier molecular flexibility index (Phi) is 4.86. The third kappa shape index (κ3) is 3.50. The lowest BCUT2D eigenvalue weighted by atomic mass is 10.2. The van der Waals surface area contributed by atoms with E-state index >= 15 is 0 Å². The van der Waals surface area contributed by atoms with Gasteiger partial charge in [-0.1, -0.05) is 12.8 Å². The van der Waals surface area contributed by atoms with Crippen molar-refractivity contribution in [3.05, 3.63) is 23.4 Å². The normalized spacial score (nSPS) is 15.3.